The molecule has 2 aromatic rings. The molecule has 0 radical (unpaired) electrons. The van der Waals surface area contributed by atoms with Crippen molar-refractivity contribution in [2.75, 3.05) is 18.5 Å². The van der Waals surface area contributed by atoms with E-state index < -0.39 is 23.8 Å². The van der Waals surface area contributed by atoms with Gasteiger partial charge in [-0.05, 0) is 56.2 Å². The smallest absolute Gasteiger partial charge is 0.338 e. The molecule has 0 saturated carbocycles. The Morgan fingerprint density at radius 2 is 1.96 bits per heavy atom. The minimum absolute atomic E-state index is 0.0307. The zero-order chi connectivity index (χ0) is 19.9. The molecule has 2 atom stereocenters. The van der Waals surface area contributed by atoms with Gasteiger partial charge in [0.2, 0.25) is 0 Å². The van der Waals surface area contributed by atoms with Gasteiger partial charge in [-0.2, -0.15) is 0 Å². The third-order valence-corrected chi connectivity index (χ3v) is 4.33. The summed E-state index contributed by atoms with van der Waals surface area (Å²) >= 11 is 0. The summed E-state index contributed by atoms with van der Waals surface area (Å²) in [5.74, 6) is -1.21. The van der Waals surface area contributed by atoms with Crippen LogP contribution in [0.3, 0.4) is 0 Å². The number of esters is 1. The van der Waals surface area contributed by atoms with Gasteiger partial charge in [0.15, 0.2) is 6.10 Å². The van der Waals surface area contributed by atoms with E-state index in [0.29, 0.717) is 12.4 Å². The molecule has 1 N–H and O–H groups in total. The van der Waals surface area contributed by atoms with Gasteiger partial charge in [0.1, 0.15) is 18.2 Å². The highest BCUT2D eigenvalue weighted by molar-refractivity contribution is 5.97. The van der Waals surface area contributed by atoms with Crippen molar-refractivity contribution in [3.63, 3.8) is 0 Å². The molecule has 7 heteroatoms. The van der Waals surface area contributed by atoms with E-state index in [4.69, 9.17) is 14.2 Å². The lowest BCUT2D eigenvalue weighted by molar-refractivity contribution is -0.123. The van der Waals surface area contributed by atoms with E-state index in [9.17, 15) is 14.0 Å². The number of anilines is 1. The number of nitrogens with one attached hydrogen (secondary N) is 1. The molecule has 0 spiro atoms. The van der Waals surface area contributed by atoms with Crippen LogP contribution in [0.15, 0.2) is 48.5 Å². The van der Waals surface area contributed by atoms with Gasteiger partial charge < -0.3 is 19.5 Å². The fourth-order valence-corrected chi connectivity index (χ4v) is 2.73. The van der Waals surface area contributed by atoms with Gasteiger partial charge >= 0.3 is 5.97 Å². The Morgan fingerprint density at radius 1 is 1.21 bits per heavy atom. The molecule has 0 aliphatic carbocycles. The van der Waals surface area contributed by atoms with Gasteiger partial charge in [-0.3, -0.25) is 4.79 Å². The van der Waals surface area contributed by atoms with Crippen LogP contribution in [-0.4, -0.2) is 37.3 Å². The second-order valence-electron chi connectivity index (χ2n) is 6.49. The summed E-state index contributed by atoms with van der Waals surface area (Å²) in [6.07, 6.45) is 1.06. The molecule has 148 valence electrons. The Morgan fingerprint density at radius 3 is 2.64 bits per heavy atom. The van der Waals surface area contributed by atoms with Crippen LogP contribution in [0.5, 0.6) is 5.75 Å². The number of hydrogen-bond acceptors (Lipinski definition) is 5. The van der Waals surface area contributed by atoms with E-state index in [2.05, 4.69) is 5.32 Å². The van der Waals surface area contributed by atoms with Gasteiger partial charge in [0, 0.05) is 6.61 Å². The van der Waals surface area contributed by atoms with E-state index in [1.807, 2.05) is 0 Å². The zero-order valence-corrected chi connectivity index (χ0v) is 15.5. The summed E-state index contributed by atoms with van der Waals surface area (Å²) in [7, 11) is 0. The molecule has 1 heterocycles. The first-order valence-corrected chi connectivity index (χ1v) is 9.14. The lowest BCUT2D eigenvalue weighted by atomic mass is 10.2. The number of carbonyl (C=O) groups is 2. The van der Waals surface area contributed by atoms with Crippen molar-refractivity contribution in [2.24, 2.45) is 0 Å². The molecule has 1 saturated heterocycles. The molecule has 1 amide bonds. The first-order chi connectivity index (χ1) is 13.5. The first kappa shape index (κ1) is 19.8. The standard InChI is InChI=1S/C21H22FNO5/c1-14(20(24)23-19-7-3-2-6-18(19)22)28-21(25)15-8-10-16(11-9-15)27-13-17-5-4-12-26-17/h2-3,6-11,14,17H,4-5,12-13H2,1H3,(H,23,24)/t14-,17-/m1/s1. The lowest BCUT2D eigenvalue weighted by Gasteiger charge is -2.14. The fraction of sp³-hybridized carbons (Fsp3) is 0.333. The number of carbonyl (C=O) groups excluding carboxylic acids is 2. The van der Waals surface area contributed by atoms with Crippen LogP contribution in [0, 0.1) is 5.82 Å². The summed E-state index contributed by atoms with van der Waals surface area (Å²) in [5.41, 5.74) is 0.318. The van der Waals surface area contributed by atoms with Crippen LogP contribution in [0.25, 0.3) is 0 Å². The number of benzene rings is 2. The second kappa shape index (κ2) is 9.32. The average Bonchev–Trinajstić information content (AvgIpc) is 3.22. The number of rotatable bonds is 7. The Kier molecular flexibility index (Phi) is 6.60. The molecular weight excluding hydrogens is 365 g/mol. The van der Waals surface area contributed by atoms with E-state index in [-0.39, 0.29) is 17.4 Å². The van der Waals surface area contributed by atoms with Crippen molar-refractivity contribution in [3.05, 3.63) is 59.9 Å². The molecule has 0 unspecified atom stereocenters. The maximum Gasteiger partial charge on any atom is 0.338 e. The maximum atomic E-state index is 13.6. The quantitative estimate of drug-likeness (QED) is 0.736. The van der Waals surface area contributed by atoms with Crippen LogP contribution >= 0.6 is 0 Å². The minimum Gasteiger partial charge on any atom is -0.491 e. The van der Waals surface area contributed by atoms with Crippen molar-refractivity contribution in [3.8, 4) is 5.75 Å². The van der Waals surface area contributed by atoms with Gasteiger partial charge in [0.05, 0.1) is 17.4 Å². The molecule has 1 aliphatic rings. The summed E-state index contributed by atoms with van der Waals surface area (Å²) < 4.78 is 29.9. The topological polar surface area (TPSA) is 73.9 Å². The molecule has 1 aliphatic heterocycles. The third kappa shape index (κ3) is 5.29. The van der Waals surface area contributed by atoms with Crippen molar-refractivity contribution in [1.29, 1.82) is 0 Å². The Bertz CT molecular complexity index is 818. The lowest BCUT2D eigenvalue weighted by Crippen LogP contribution is -2.30. The minimum atomic E-state index is -1.08. The van der Waals surface area contributed by atoms with Gasteiger partial charge in [-0.1, -0.05) is 12.1 Å². The van der Waals surface area contributed by atoms with Crippen LogP contribution in [0.1, 0.15) is 30.1 Å². The zero-order valence-electron chi connectivity index (χ0n) is 15.5. The van der Waals surface area contributed by atoms with Gasteiger partial charge in [-0.15, -0.1) is 0 Å². The number of halogens is 1. The normalized spacial score (nSPS) is 17.0. The van der Waals surface area contributed by atoms with Crippen LogP contribution in [-0.2, 0) is 14.3 Å². The maximum absolute atomic E-state index is 13.6. The summed E-state index contributed by atoms with van der Waals surface area (Å²) in [4.78, 5) is 24.3. The van der Waals surface area contributed by atoms with Gasteiger partial charge in [-0.25, -0.2) is 9.18 Å². The van der Waals surface area contributed by atoms with E-state index >= 15 is 0 Å². The third-order valence-electron chi connectivity index (χ3n) is 4.33. The Hall–Kier alpha value is -2.93. The van der Waals surface area contributed by atoms with Crippen LogP contribution < -0.4 is 10.1 Å². The summed E-state index contributed by atoms with van der Waals surface area (Å²) in [5, 5.41) is 2.40. The molecule has 2 aromatic carbocycles. The van der Waals surface area contributed by atoms with E-state index in [0.717, 1.165) is 19.4 Å². The van der Waals surface area contributed by atoms with Crippen molar-refractivity contribution in [2.45, 2.75) is 32.0 Å². The predicted octanol–water partition coefficient (Wildman–Crippen LogP) is 3.57. The number of ether oxygens (including phenoxy) is 3. The Labute approximate surface area is 162 Å². The monoisotopic (exact) mass is 387 g/mol. The molecular formula is C21H22FNO5. The SMILES string of the molecule is C[C@@H](OC(=O)c1ccc(OC[C@H]2CCCO2)cc1)C(=O)Nc1ccccc1F. The van der Waals surface area contributed by atoms with Gasteiger partial charge in [0.25, 0.3) is 5.91 Å². The highest BCUT2D eigenvalue weighted by Gasteiger charge is 2.20. The van der Waals surface area contributed by atoms with Crippen molar-refractivity contribution < 1.29 is 28.2 Å². The highest BCUT2D eigenvalue weighted by Crippen LogP contribution is 2.18. The first-order valence-electron chi connectivity index (χ1n) is 9.14. The van der Waals surface area contributed by atoms with E-state index in [1.165, 1.54) is 25.1 Å². The highest BCUT2D eigenvalue weighted by atomic mass is 19.1. The largest absolute Gasteiger partial charge is 0.491 e. The molecule has 28 heavy (non-hydrogen) atoms. The Balaban J connectivity index is 1.50. The number of hydrogen-bond donors (Lipinski definition) is 1. The van der Waals surface area contributed by atoms with Crippen LogP contribution in [0.2, 0.25) is 0 Å². The van der Waals surface area contributed by atoms with Crippen molar-refractivity contribution >= 4 is 17.6 Å². The molecule has 6 nitrogen and oxygen atoms in total. The number of para-hydroxylation sites is 1. The van der Waals surface area contributed by atoms with E-state index in [1.54, 1.807) is 30.3 Å². The summed E-state index contributed by atoms with van der Waals surface area (Å²) in [6, 6.07) is 12.2. The van der Waals surface area contributed by atoms with Crippen molar-refractivity contribution in [1.82, 2.24) is 0 Å². The molecule has 3 rings (SSSR count). The fourth-order valence-electron chi connectivity index (χ4n) is 2.73. The molecule has 1 fully saturated rings. The van der Waals surface area contributed by atoms with Crippen LogP contribution in [0.4, 0.5) is 10.1 Å². The molecule has 0 bridgehead atoms. The number of amides is 1. The predicted molar refractivity (Wildman–Crippen MR) is 101 cm³/mol. The molecule has 0 aromatic heterocycles. The summed E-state index contributed by atoms with van der Waals surface area (Å²) in [6.45, 7) is 2.66. The average molecular weight is 387 g/mol. The second-order valence-corrected chi connectivity index (χ2v) is 6.49.